The van der Waals surface area contributed by atoms with Crippen LogP contribution in [-0.4, -0.2) is 116 Å². The van der Waals surface area contributed by atoms with Gasteiger partial charge in [-0.3, -0.25) is 19.6 Å². The molecule has 0 spiro atoms. The van der Waals surface area contributed by atoms with E-state index >= 15 is 0 Å². The quantitative estimate of drug-likeness (QED) is 0.143. The first kappa shape index (κ1) is 39.8. The van der Waals surface area contributed by atoms with Crippen LogP contribution < -0.4 is 0 Å². The Morgan fingerprint density at radius 2 is 0.519 bits per heavy atom. The summed E-state index contributed by atoms with van der Waals surface area (Å²) in [5.41, 5.74) is 5.10. The van der Waals surface area contributed by atoms with Crippen LogP contribution in [0.3, 0.4) is 0 Å². The van der Waals surface area contributed by atoms with Crippen LogP contribution in [0.2, 0.25) is 0 Å². The van der Waals surface area contributed by atoms with Crippen LogP contribution in [0.25, 0.3) is 0 Å². The summed E-state index contributed by atoms with van der Waals surface area (Å²) < 4.78 is 0. The van der Waals surface area contributed by atoms with E-state index in [1.807, 2.05) is 48.5 Å². The Morgan fingerprint density at radius 3 is 0.685 bits per heavy atom. The molecule has 4 N–H and O–H groups in total. The Morgan fingerprint density at radius 1 is 0.333 bits per heavy atom. The van der Waals surface area contributed by atoms with E-state index in [0.717, 1.165) is 87.5 Å². The lowest BCUT2D eigenvalue weighted by molar-refractivity contribution is 0.0686. The molecule has 4 aromatic carbocycles. The zero-order valence-electron chi connectivity index (χ0n) is 30.3. The van der Waals surface area contributed by atoms with Crippen molar-refractivity contribution in [1.82, 2.24) is 19.6 Å². The van der Waals surface area contributed by atoms with Crippen LogP contribution in [-0.2, 0) is 26.2 Å². The number of hydrogen-bond acceptors (Lipinski definition) is 8. The standard InChI is InChI=1S/C42H48N4O8/c47-39(48)35-11-3-31(4-12-35)27-43-19-1-20-44(28-32-5-13-36(14-6-32)40(49)50)24-26-46(30-34-9-17-38(18-10-34)42(53)54)22-2-21-45(25-23-43)29-33-7-15-37(16-8-33)41(51)52/h3-18H,1-2,19-30H2,(H,47,48)(H,49,50)(H,51,52)(H,53,54). The molecular formula is C42H48N4O8. The second kappa shape index (κ2) is 19.6. The summed E-state index contributed by atoms with van der Waals surface area (Å²) >= 11 is 0. The molecule has 0 amide bonds. The van der Waals surface area contributed by atoms with Gasteiger partial charge in [-0.1, -0.05) is 48.5 Å². The van der Waals surface area contributed by atoms with Gasteiger partial charge in [-0.25, -0.2) is 19.2 Å². The number of nitrogens with zero attached hydrogens (tertiary/aromatic N) is 4. The third-order valence-corrected chi connectivity index (χ3v) is 9.79. The maximum absolute atomic E-state index is 11.5. The van der Waals surface area contributed by atoms with Crippen molar-refractivity contribution < 1.29 is 39.6 Å². The molecule has 12 nitrogen and oxygen atoms in total. The molecule has 1 fully saturated rings. The molecule has 0 bridgehead atoms. The molecule has 1 saturated heterocycles. The maximum Gasteiger partial charge on any atom is 0.335 e. The predicted octanol–water partition coefficient (Wildman–Crippen LogP) is 5.58. The number of rotatable bonds is 12. The van der Waals surface area contributed by atoms with Crippen molar-refractivity contribution in [3.05, 3.63) is 142 Å². The van der Waals surface area contributed by atoms with Gasteiger partial charge in [-0.05, 0) is 110 Å². The Bertz CT molecular complexity index is 1580. The summed E-state index contributed by atoms with van der Waals surface area (Å²) in [6, 6.07) is 28.0. The zero-order chi connectivity index (χ0) is 38.5. The van der Waals surface area contributed by atoms with Crippen LogP contribution in [0.4, 0.5) is 0 Å². The van der Waals surface area contributed by atoms with Gasteiger partial charge in [0.05, 0.1) is 22.3 Å². The molecule has 5 rings (SSSR count). The first-order valence-electron chi connectivity index (χ1n) is 18.2. The highest BCUT2D eigenvalue weighted by molar-refractivity contribution is 5.88. The summed E-state index contributed by atoms with van der Waals surface area (Å²) in [4.78, 5) is 55.4. The number of carboxylic acids is 4. The van der Waals surface area contributed by atoms with Gasteiger partial charge in [-0.15, -0.1) is 0 Å². The monoisotopic (exact) mass is 736 g/mol. The molecular weight excluding hydrogens is 688 g/mol. The van der Waals surface area contributed by atoms with E-state index in [1.54, 1.807) is 48.5 Å². The average Bonchev–Trinajstić information content (AvgIpc) is 3.16. The van der Waals surface area contributed by atoms with E-state index in [0.29, 0.717) is 26.2 Å². The number of carbonyl (C=O) groups is 4. The van der Waals surface area contributed by atoms with Gasteiger partial charge in [0.1, 0.15) is 0 Å². The third kappa shape index (κ3) is 12.3. The van der Waals surface area contributed by atoms with Crippen LogP contribution >= 0.6 is 0 Å². The Labute approximate surface area is 315 Å². The van der Waals surface area contributed by atoms with Gasteiger partial charge in [0.25, 0.3) is 0 Å². The van der Waals surface area contributed by atoms with Crippen molar-refractivity contribution in [3.8, 4) is 0 Å². The van der Waals surface area contributed by atoms with Crippen molar-refractivity contribution in [3.63, 3.8) is 0 Å². The number of benzene rings is 4. The molecule has 284 valence electrons. The molecule has 1 heterocycles. The third-order valence-electron chi connectivity index (χ3n) is 9.79. The second-order valence-electron chi connectivity index (χ2n) is 13.8. The Balaban J connectivity index is 1.36. The van der Waals surface area contributed by atoms with E-state index in [9.17, 15) is 39.6 Å². The topological polar surface area (TPSA) is 162 Å². The SMILES string of the molecule is O=C(O)c1ccc(CN2CCCN(Cc3ccc(C(=O)O)cc3)CCN(Cc3ccc(C(=O)O)cc3)CCCN(Cc3ccc(C(=O)O)cc3)CC2)cc1. The van der Waals surface area contributed by atoms with Crippen LogP contribution in [0.1, 0.15) is 76.5 Å². The van der Waals surface area contributed by atoms with Crippen molar-refractivity contribution in [2.75, 3.05) is 52.4 Å². The molecule has 0 atom stereocenters. The van der Waals surface area contributed by atoms with Crippen molar-refractivity contribution in [1.29, 1.82) is 0 Å². The highest BCUT2D eigenvalue weighted by Crippen LogP contribution is 2.16. The second-order valence-corrected chi connectivity index (χ2v) is 13.8. The van der Waals surface area contributed by atoms with Gasteiger partial charge < -0.3 is 20.4 Å². The molecule has 0 aliphatic carbocycles. The molecule has 0 saturated carbocycles. The van der Waals surface area contributed by atoms with E-state index in [2.05, 4.69) is 19.6 Å². The molecule has 1 aliphatic rings. The molecule has 12 heteroatoms. The van der Waals surface area contributed by atoms with Gasteiger partial charge in [0.2, 0.25) is 0 Å². The largest absolute Gasteiger partial charge is 0.478 e. The lowest BCUT2D eigenvalue weighted by Crippen LogP contribution is -2.40. The fourth-order valence-corrected chi connectivity index (χ4v) is 6.72. The molecule has 0 unspecified atom stereocenters. The minimum absolute atomic E-state index is 0.248. The molecule has 0 radical (unpaired) electrons. The zero-order valence-corrected chi connectivity index (χ0v) is 30.3. The van der Waals surface area contributed by atoms with Crippen molar-refractivity contribution >= 4 is 23.9 Å². The average molecular weight is 737 g/mol. The first-order chi connectivity index (χ1) is 26.0. The summed E-state index contributed by atoms with van der Waals surface area (Å²) in [5.74, 6) is -3.84. The van der Waals surface area contributed by atoms with Gasteiger partial charge in [0, 0.05) is 52.4 Å². The summed E-state index contributed by atoms with van der Waals surface area (Å²) in [7, 11) is 0. The van der Waals surface area contributed by atoms with E-state index < -0.39 is 23.9 Å². The maximum atomic E-state index is 11.5. The first-order valence-corrected chi connectivity index (χ1v) is 18.2. The molecule has 54 heavy (non-hydrogen) atoms. The number of carboxylic acid groups (broad SMARTS) is 4. The highest BCUT2D eigenvalue weighted by atomic mass is 16.4. The van der Waals surface area contributed by atoms with Gasteiger partial charge >= 0.3 is 23.9 Å². The number of aromatic carboxylic acids is 4. The lowest BCUT2D eigenvalue weighted by Gasteiger charge is -2.32. The minimum atomic E-state index is -0.959. The molecule has 4 aromatic rings. The summed E-state index contributed by atoms with van der Waals surface area (Å²) in [6.07, 6.45) is 1.74. The fraction of sp³-hybridized carbons (Fsp3) is 0.333. The Hall–Kier alpha value is -5.40. The molecule has 1 aliphatic heterocycles. The fourth-order valence-electron chi connectivity index (χ4n) is 6.72. The normalized spacial score (nSPS) is 16.0. The smallest absolute Gasteiger partial charge is 0.335 e. The lowest BCUT2D eigenvalue weighted by atomic mass is 10.1. The van der Waals surface area contributed by atoms with Crippen molar-refractivity contribution in [2.24, 2.45) is 0 Å². The van der Waals surface area contributed by atoms with Crippen LogP contribution in [0.15, 0.2) is 97.1 Å². The highest BCUT2D eigenvalue weighted by Gasteiger charge is 2.17. The van der Waals surface area contributed by atoms with Crippen LogP contribution in [0.5, 0.6) is 0 Å². The summed E-state index contributed by atoms with van der Waals surface area (Å²) in [6.45, 7) is 8.91. The van der Waals surface area contributed by atoms with E-state index in [-0.39, 0.29) is 22.3 Å². The van der Waals surface area contributed by atoms with Gasteiger partial charge in [0.15, 0.2) is 0 Å². The number of hydrogen-bond donors (Lipinski definition) is 4. The van der Waals surface area contributed by atoms with Crippen molar-refractivity contribution in [2.45, 2.75) is 39.0 Å². The van der Waals surface area contributed by atoms with E-state index in [4.69, 9.17) is 0 Å². The van der Waals surface area contributed by atoms with Gasteiger partial charge in [-0.2, -0.15) is 0 Å². The van der Waals surface area contributed by atoms with E-state index in [1.165, 1.54) is 0 Å². The molecule has 0 aromatic heterocycles. The predicted molar refractivity (Wildman–Crippen MR) is 204 cm³/mol. The summed E-state index contributed by atoms with van der Waals surface area (Å²) in [5, 5.41) is 37.6. The minimum Gasteiger partial charge on any atom is -0.478 e. The Kier molecular flexibility index (Phi) is 14.5. The van der Waals surface area contributed by atoms with Crippen LogP contribution in [0, 0.1) is 0 Å².